The summed E-state index contributed by atoms with van der Waals surface area (Å²) in [6, 6.07) is 8.21. The van der Waals surface area contributed by atoms with E-state index in [2.05, 4.69) is 40.3 Å². The van der Waals surface area contributed by atoms with Gasteiger partial charge in [-0.25, -0.2) is 0 Å². The Hall–Kier alpha value is -0.830. The Labute approximate surface area is 106 Å². The third kappa shape index (κ3) is 3.97. The lowest BCUT2D eigenvalue weighted by atomic mass is 10.0. The Morgan fingerprint density at radius 3 is 2.31 bits per heavy atom. The van der Waals surface area contributed by atoms with Crippen LogP contribution in [0.4, 0.5) is 0 Å². The maximum atomic E-state index is 11.4. The average Bonchev–Trinajstić information content (AvgIpc) is 2.26. The Bertz CT molecular complexity index is 345. The molecule has 0 radical (unpaired) electrons. The molecule has 1 N–H and O–H groups in total. The summed E-state index contributed by atoms with van der Waals surface area (Å²) in [7, 11) is 0. The van der Waals surface area contributed by atoms with E-state index in [4.69, 9.17) is 0 Å². The Balaban J connectivity index is 2.49. The van der Waals surface area contributed by atoms with Gasteiger partial charge in [-0.15, -0.1) is 0 Å². The predicted octanol–water partition coefficient (Wildman–Crippen LogP) is 3.32. The first-order chi connectivity index (χ1) is 7.50. The lowest BCUT2D eigenvalue weighted by Gasteiger charge is -2.14. The SMILES string of the molecule is CC(C)C(=O)NCC(C)c1ccc(Br)cc1. The smallest absolute Gasteiger partial charge is 0.222 e. The Morgan fingerprint density at radius 1 is 1.25 bits per heavy atom. The summed E-state index contributed by atoms with van der Waals surface area (Å²) in [6.45, 7) is 6.61. The number of benzene rings is 1. The number of amides is 1. The zero-order valence-electron chi connectivity index (χ0n) is 9.96. The van der Waals surface area contributed by atoms with E-state index in [1.165, 1.54) is 5.56 Å². The van der Waals surface area contributed by atoms with Crippen molar-refractivity contribution in [2.45, 2.75) is 26.7 Å². The van der Waals surface area contributed by atoms with Gasteiger partial charge in [-0.1, -0.05) is 48.8 Å². The van der Waals surface area contributed by atoms with Gasteiger partial charge >= 0.3 is 0 Å². The van der Waals surface area contributed by atoms with Crippen LogP contribution in [0.2, 0.25) is 0 Å². The fourth-order valence-electron chi connectivity index (χ4n) is 1.37. The van der Waals surface area contributed by atoms with Crippen LogP contribution < -0.4 is 5.32 Å². The largest absolute Gasteiger partial charge is 0.355 e. The number of halogens is 1. The summed E-state index contributed by atoms with van der Waals surface area (Å²) < 4.78 is 1.08. The molecule has 1 atom stereocenters. The van der Waals surface area contributed by atoms with Gasteiger partial charge in [0.25, 0.3) is 0 Å². The van der Waals surface area contributed by atoms with Crippen molar-refractivity contribution in [2.24, 2.45) is 5.92 Å². The van der Waals surface area contributed by atoms with Crippen LogP contribution in [-0.4, -0.2) is 12.5 Å². The molecule has 3 heteroatoms. The molecule has 1 aromatic rings. The minimum atomic E-state index is 0.0529. The molecule has 0 heterocycles. The van der Waals surface area contributed by atoms with Crippen molar-refractivity contribution in [3.05, 3.63) is 34.3 Å². The lowest BCUT2D eigenvalue weighted by molar-refractivity contribution is -0.124. The van der Waals surface area contributed by atoms with Crippen molar-refractivity contribution >= 4 is 21.8 Å². The maximum absolute atomic E-state index is 11.4. The maximum Gasteiger partial charge on any atom is 0.222 e. The van der Waals surface area contributed by atoms with E-state index in [0.29, 0.717) is 12.5 Å². The molecule has 0 bridgehead atoms. The molecule has 0 aliphatic heterocycles. The number of rotatable bonds is 4. The van der Waals surface area contributed by atoms with Crippen LogP contribution in [0.15, 0.2) is 28.7 Å². The van der Waals surface area contributed by atoms with Gasteiger partial charge in [0.05, 0.1) is 0 Å². The topological polar surface area (TPSA) is 29.1 Å². The van der Waals surface area contributed by atoms with Crippen LogP contribution in [0.5, 0.6) is 0 Å². The summed E-state index contributed by atoms with van der Waals surface area (Å²) in [5, 5.41) is 2.94. The molecule has 2 nitrogen and oxygen atoms in total. The minimum absolute atomic E-state index is 0.0529. The van der Waals surface area contributed by atoms with Gasteiger partial charge in [-0.05, 0) is 23.6 Å². The number of carbonyl (C=O) groups excluding carboxylic acids is 1. The van der Waals surface area contributed by atoms with Gasteiger partial charge in [-0.2, -0.15) is 0 Å². The fourth-order valence-corrected chi connectivity index (χ4v) is 1.63. The van der Waals surface area contributed by atoms with Crippen LogP contribution >= 0.6 is 15.9 Å². The molecular formula is C13H18BrNO. The molecule has 0 aromatic heterocycles. The second-order valence-corrected chi connectivity index (χ2v) is 5.27. The fraction of sp³-hybridized carbons (Fsp3) is 0.462. The number of carbonyl (C=O) groups is 1. The third-order valence-electron chi connectivity index (χ3n) is 2.55. The van der Waals surface area contributed by atoms with E-state index in [1.54, 1.807) is 0 Å². The molecule has 0 saturated carbocycles. The Kier molecular flexibility index (Phi) is 5.00. The van der Waals surface area contributed by atoms with Gasteiger partial charge in [0.1, 0.15) is 0 Å². The number of hydrogen-bond acceptors (Lipinski definition) is 1. The highest BCUT2D eigenvalue weighted by Crippen LogP contribution is 2.17. The van der Waals surface area contributed by atoms with Crippen LogP contribution in [0, 0.1) is 5.92 Å². The molecule has 0 saturated heterocycles. The number of nitrogens with one attached hydrogen (secondary N) is 1. The molecule has 1 aromatic carbocycles. The predicted molar refractivity (Wildman–Crippen MR) is 70.4 cm³/mol. The molecule has 16 heavy (non-hydrogen) atoms. The van der Waals surface area contributed by atoms with E-state index in [0.717, 1.165) is 4.47 Å². The summed E-state index contributed by atoms with van der Waals surface area (Å²) >= 11 is 3.41. The molecule has 0 fully saturated rings. The van der Waals surface area contributed by atoms with Crippen LogP contribution in [0.25, 0.3) is 0 Å². The van der Waals surface area contributed by atoms with Gasteiger partial charge < -0.3 is 5.32 Å². The van der Waals surface area contributed by atoms with Crippen molar-refractivity contribution in [1.29, 1.82) is 0 Å². The molecule has 88 valence electrons. The molecule has 0 aliphatic carbocycles. The molecule has 1 rings (SSSR count). The van der Waals surface area contributed by atoms with Crippen molar-refractivity contribution in [1.82, 2.24) is 5.32 Å². The van der Waals surface area contributed by atoms with Crippen LogP contribution in [-0.2, 0) is 4.79 Å². The van der Waals surface area contributed by atoms with Gasteiger partial charge in [0, 0.05) is 16.9 Å². The zero-order valence-corrected chi connectivity index (χ0v) is 11.5. The lowest BCUT2D eigenvalue weighted by Crippen LogP contribution is -2.30. The highest BCUT2D eigenvalue weighted by molar-refractivity contribution is 9.10. The van der Waals surface area contributed by atoms with Crippen molar-refractivity contribution < 1.29 is 4.79 Å². The quantitative estimate of drug-likeness (QED) is 0.902. The van der Waals surface area contributed by atoms with Crippen molar-refractivity contribution in [2.75, 3.05) is 6.54 Å². The average molecular weight is 284 g/mol. The van der Waals surface area contributed by atoms with E-state index in [-0.39, 0.29) is 11.8 Å². The monoisotopic (exact) mass is 283 g/mol. The van der Waals surface area contributed by atoms with E-state index in [9.17, 15) is 4.79 Å². The summed E-state index contributed by atoms with van der Waals surface area (Å²) in [5.74, 6) is 0.511. The molecule has 1 amide bonds. The normalized spacial score (nSPS) is 12.6. The first-order valence-corrected chi connectivity index (χ1v) is 6.33. The van der Waals surface area contributed by atoms with E-state index in [1.807, 2.05) is 26.0 Å². The van der Waals surface area contributed by atoms with Crippen LogP contribution in [0.3, 0.4) is 0 Å². The summed E-state index contributed by atoms with van der Waals surface area (Å²) in [4.78, 5) is 11.4. The second kappa shape index (κ2) is 6.04. The third-order valence-corrected chi connectivity index (χ3v) is 3.07. The van der Waals surface area contributed by atoms with Gasteiger partial charge in [0.2, 0.25) is 5.91 Å². The first kappa shape index (κ1) is 13.2. The summed E-state index contributed by atoms with van der Waals surface area (Å²) in [5.41, 5.74) is 1.24. The van der Waals surface area contributed by atoms with Crippen LogP contribution in [0.1, 0.15) is 32.3 Å². The molecular weight excluding hydrogens is 266 g/mol. The zero-order chi connectivity index (χ0) is 12.1. The van der Waals surface area contributed by atoms with Gasteiger partial charge in [-0.3, -0.25) is 4.79 Å². The highest BCUT2D eigenvalue weighted by atomic mass is 79.9. The Morgan fingerprint density at radius 2 is 1.81 bits per heavy atom. The summed E-state index contributed by atoms with van der Waals surface area (Å²) in [6.07, 6.45) is 0. The second-order valence-electron chi connectivity index (χ2n) is 4.35. The van der Waals surface area contributed by atoms with E-state index >= 15 is 0 Å². The van der Waals surface area contributed by atoms with Crippen molar-refractivity contribution in [3.8, 4) is 0 Å². The molecule has 0 aliphatic rings. The number of hydrogen-bond donors (Lipinski definition) is 1. The highest BCUT2D eigenvalue weighted by Gasteiger charge is 2.09. The van der Waals surface area contributed by atoms with Crippen molar-refractivity contribution in [3.63, 3.8) is 0 Å². The first-order valence-electron chi connectivity index (χ1n) is 5.54. The molecule has 1 unspecified atom stereocenters. The molecule has 0 spiro atoms. The standard InChI is InChI=1S/C13H18BrNO/c1-9(2)13(16)15-8-10(3)11-4-6-12(14)7-5-11/h4-7,9-10H,8H2,1-3H3,(H,15,16). The van der Waals surface area contributed by atoms with E-state index < -0.39 is 0 Å². The minimum Gasteiger partial charge on any atom is -0.355 e. The van der Waals surface area contributed by atoms with Gasteiger partial charge in [0.15, 0.2) is 0 Å².